The highest BCUT2D eigenvalue weighted by Gasteiger charge is 2.07. The molecule has 2 aromatic rings. The van der Waals surface area contributed by atoms with E-state index in [-0.39, 0.29) is 5.82 Å². The van der Waals surface area contributed by atoms with Crippen molar-refractivity contribution in [1.29, 1.82) is 0 Å². The van der Waals surface area contributed by atoms with Crippen molar-refractivity contribution in [2.24, 2.45) is 0 Å². The van der Waals surface area contributed by atoms with Crippen molar-refractivity contribution >= 4 is 6.29 Å². The number of hydrogen-bond donors (Lipinski definition) is 0. The highest BCUT2D eigenvalue weighted by Crippen LogP contribution is 2.18. The van der Waals surface area contributed by atoms with E-state index in [1.54, 1.807) is 42.0 Å². The Morgan fingerprint density at radius 1 is 1.27 bits per heavy atom. The molecule has 0 fully saturated rings. The maximum absolute atomic E-state index is 13.3. The average molecular weight is 203 g/mol. The zero-order chi connectivity index (χ0) is 10.8. The number of hydrogen-bond acceptors (Lipinski definition) is 1. The maximum Gasteiger partial charge on any atom is 0.166 e. The Bertz CT molecular complexity index is 502. The maximum atomic E-state index is 13.3. The minimum Gasteiger partial charge on any atom is -0.314 e. The van der Waals surface area contributed by atoms with Crippen molar-refractivity contribution in [2.75, 3.05) is 0 Å². The zero-order valence-electron chi connectivity index (χ0n) is 8.27. The van der Waals surface area contributed by atoms with E-state index < -0.39 is 0 Å². The molecule has 0 unspecified atom stereocenters. The summed E-state index contributed by atoms with van der Waals surface area (Å²) in [5.41, 5.74) is 1.75. The minimum atomic E-state index is -0.266. The van der Waals surface area contributed by atoms with Crippen LogP contribution in [0.2, 0.25) is 0 Å². The summed E-state index contributed by atoms with van der Waals surface area (Å²) >= 11 is 0. The molecule has 0 aliphatic heterocycles. The third-order valence-electron chi connectivity index (χ3n) is 2.40. The fraction of sp³-hybridized carbons (Fsp3) is 0.0833. The number of carbonyl (C=O) groups excluding carboxylic acids is 1. The molecule has 2 nitrogen and oxygen atoms in total. The summed E-state index contributed by atoms with van der Waals surface area (Å²) in [5.74, 6) is -0.266. The Labute approximate surface area is 87.0 Å². The summed E-state index contributed by atoms with van der Waals surface area (Å²) in [4.78, 5) is 10.7. The standard InChI is InChI=1S/C12H10FNO/c1-9-11(13)5-2-6-12(9)14-7-3-4-10(14)8-15/h2-8H,1H3. The van der Waals surface area contributed by atoms with Crippen molar-refractivity contribution in [1.82, 2.24) is 4.57 Å². The van der Waals surface area contributed by atoms with Crippen molar-refractivity contribution in [2.45, 2.75) is 6.92 Å². The number of benzene rings is 1. The van der Waals surface area contributed by atoms with Gasteiger partial charge in [0.15, 0.2) is 6.29 Å². The molecule has 0 atom stereocenters. The lowest BCUT2D eigenvalue weighted by atomic mass is 10.2. The first-order valence-corrected chi connectivity index (χ1v) is 4.62. The van der Waals surface area contributed by atoms with Crippen LogP contribution >= 0.6 is 0 Å². The van der Waals surface area contributed by atoms with E-state index in [2.05, 4.69) is 0 Å². The molecule has 0 aliphatic rings. The lowest BCUT2D eigenvalue weighted by Crippen LogP contribution is -2.01. The van der Waals surface area contributed by atoms with Crippen LogP contribution in [0.4, 0.5) is 4.39 Å². The summed E-state index contributed by atoms with van der Waals surface area (Å²) in [6.45, 7) is 1.69. The fourth-order valence-electron chi connectivity index (χ4n) is 1.57. The molecule has 76 valence electrons. The summed E-state index contributed by atoms with van der Waals surface area (Å²) in [6, 6.07) is 8.27. The van der Waals surface area contributed by atoms with Gasteiger partial charge in [-0.25, -0.2) is 4.39 Å². The lowest BCUT2D eigenvalue weighted by Gasteiger charge is -2.09. The number of carbonyl (C=O) groups is 1. The van der Waals surface area contributed by atoms with E-state index in [9.17, 15) is 9.18 Å². The first kappa shape index (κ1) is 9.65. The lowest BCUT2D eigenvalue weighted by molar-refractivity contribution is 0.111. The largest absolute Gasteiger partial charge is 0.314 e. The Morgan fingerprint density at radius 2 is 2.07 bits per heavy atom. The molecule has 0 radical (unpaired) electrons. The molecular weight excluding hydrogens is 193 g/mol. The first-order chi connectivity index (χ1) is 7.24. The average Bonchev–Trinajstić information content (AvgIpc) is 2.70. The monoisotopic (exact) mass is 203 g/mol. The molecule has 2 rings (SSSR count). The Kier molecular flexibility index (Phi) is 2.37. The molecular formula is C12H10FNO. The molecule has 3 heteroatoms. The molecule has 0 spiro atoms. The predicted molar refractivity (Wildman–Crippen MR) is 55.9 cm³/mol. The van der Waals surface area contributed by atoms with Crippen molar-refractivity contribution < 1.29 is 9.18 Å². The number of aromatic nitrogens is 1. The van der Waals surface area contributed by atoms with Gasteiger partial charge in [-0.2, -0.15) is 0 Å². The van der Waals surface area contributed by atoms with Crippen molar-refractivity contribution in [3.05, 3.63) is 53.6 Å². The number of aldehydes is 1. The number of rotatable bonds is 2. The van der Waals surface area contributed by atoms with Gasteiger partial charge < -0.3 is 4.57 Å². The SMILES string of the molecule is Cc1c(F)cccc1-n1cccc1C=O. The smallest absolute Gasteiger partial charge is 0.166 e. The number of nitrogens with zero attached hydrogens (tertiary/aromatic N) is 1. The molecule has 0 amide bonds. The van der Waals surface area contributed by atoms with Gasteiger partial charge in [-0.05, 0) is 31.2 Å². The van der Waals surface area contributed by atoms with Crippen LogP contribution in [0.5, 0.6) is 0 Å². The quantitative estimate of drug-likeness (QED) is 0.688. The second kappa shape index (κ2) is 3.69. The molecule has 1 heterocycles. The predicted octanol–water partition coefficient (Wildman–Crippen LogP) is 2.74. The molecule has 1 aromatic carbocycles. The van der Waals surface area contributed by atoms with Gasteiger partial charge in [-0.15, -0.1) is 0 Å². The van der Waals surface area contributed by atoms with Crippen LogP contribution < -0.4 is 0 Å². The highest BCUT2D eigenvalue weighted by atomic mass is 19.1. The molecule has 0 saturated carbocycles. The molecule has 0 N–H and O–H groups in total. The summed E-state index contributed by atoms with van der Waals surface area (Å²) < 4.78 is 15.0. The van der Waals surface area contributed by atoms with Gasteiger partial charge in [-0.1, -0.05) is 6.07 Å². The van der Waals surface area contributed by atoms with Gasteiger partial charge in [0, 0.05) is 11.8 Å². The molecule has 15 heavy (non-hydrogen) atoms. The fourth-order valence-corrected chi connectivity index (χ4v) is 1.57. The van der Waals surface area contributed by atoms with Gasteiger partial charge in [0.25, 0.3) is 0 Å². The highest BCUT2D eigenvalue weighted by molar-refractivity contribution is 5.74. The van der Waals surface area contributed by atoms with Gasteiger partial charge in [0.1, 0.15) is 5.82 Å². The zero-order valence-corrected chi connectivity index (χ0v) is 8.27. The van der Waals surface area contributed by atoms with Gasteiger partial charge in [0.2, 0.25) is 0 Å². The van der Waals surface area contributed by atoms with Gasteiger partial charge in [-0.3, -0.25) is 4.79 Å². The van der Waals surface area contributed by atoms with Gasteiger partial charge in [0.05, 0.1) is 11.4 Å². The van der Waals surface area contributed by atoms with E-state index in [1.165, 1.54) is 6.07 Å². The third kappa shape index (κ3) is 1.56. The number of halogens is 1. The van der Waals surface area contributed by atoms with Crippen LogP contribution in [-0.4, -0.2) is 10.9 Å². The second-order valence-corrected chi connectivity index (χ2v) is 3.30. The molecule has 0 saturated heterocycles. The summed E-state index contributed by atoms with van der Waals surface area (Å²) in [7, 11) is 0. The van der Waals surface area contributed by atoms with E-state index in [1.807, 2.05) is 0 Å². The van der Waals surface area contributed by atoms with Crippen LogP contribution in [0.25, 0.3) is 5.69 Å². The van der Waals surface area contributed by atoms with Crippen LogP contribution in [0, 0.1) is 12.7 Å². The topological polar surface area (TPSA) is 22.0 Å². The van der Waals surface area contributed by atoms with Crippen molar-refractivity contribution in [3.63, 3.8) is 0 Å². The molecule has 0 aliphatic carbocycles. The first-order valence-electron chi connectivity index (χ1n) is 4.62. The van der Waals surface area contributed by atoms with E-state index in [4.69, 9.17) is 0 Å². The Morgan fingerprint density at radius 3 is 2.80 bits per heavy atom. The second-order valence-electron chi connectivity index (χ2n) is 3.30. The van der Waals surface area contributed by atoms with Gasteiger partial charge >= 0.3 is 0 Å². The normalized spacial score (nSPS) is 10.3. The Hall–Kier alpha value is -1.90. The molecule has 1 aromatic heterocycles. The minimum absolute atomic E-state index is 0.266. The summed E-state index contributed by atoms with van der Waals surface area (Å²) in [6.07, 6.45) is 2.50. The van der Waals surface area contributed by atoms with Crippen LogP contribution in [0.1, 0.15) is 16.1 Å². The van der Waals surface area contributed by atoms with Crippen molar-refractivity contribution in [3.8, 4) is 5.69 Å². The Balaban J connectivity index is 2.64. The molecule has 0 bridgehead atoms. The third-order valence-corrected chi connectivity index (χ3v) is 2.40. The van der Waals surface area contributed by atoms with Crippen LogP contribution in [0.3, 0.4) is 0 Å². The van der Waals surface area contributed by atoms with Crippen LogP contribution in [0.15, 0.2) is 36.5 Å². The van der Waals surface area contributed by atoms with E-state index in [0.29, 0.717) is 16.9 Å². The summed E-state index contributed by atoms with van der Waals surface area (Å²) in [5, 5.41) is 0. The van der Waals surface area contributed by atoms with E-state index in [0.717, 1.165) is 6.29 Å². The van der Waals surface area contributed by atoms with E-state index >= 15 is 0 Å². The van der Waals surface area contributed by atoms with Crippen LogP contribution in [-0.2, 0) is 0 Å².